The van der Waals surface area contributed by atoms with Crippen molar-refractivity contribution in [2.24, 2.45) is 17.8 Å². The number of carbonyl (C=O) groups excluding carboxylic acids is 3. The summed E-state index contributed by atoms with van der Waals surface area (Å²) in [6.45, 7) is 9.75. The van der Waals surface area contributed by atoms with Crippen LogP contribution in [0.2, 0.25) is 0 Å². The van der Waals surface area contributed by atoms with Crippen LogP contribution in [0.15, 0.2) is 73.1 Å². The zero-order valence-electron chi connectivity index (χ0n) is 38.7. The molecule has 7 rings (SSSR count). The molecule has 19 heteroatoms. The average molecular weight is 953 g/mol. The number of ether oxygens (including phenoxy) is 2. The van der Waals surface area contributed by atoms with Gasteiger partial charge in [-0.05, 0) is 121 Å². The van der Waals surface area contributed by atoms with Gasteiger partial charge in [0, 0.05) is 48.0 Å². The number of nitrogens with one attached hydrogen (secondary N) is 2. The maximum absolute atomic E-state index is 15.2. The number of sulfonamides is 1. The first kappa shape index (κ1) is 49.2. The van der Waals surface area contributed by atoms with Crippen molar-refractivity contribution in [3.8, 4) is 34.0 Å². The minimum atomic E-state index is -5.11. The summed E-state index contributed by atoms with van der Waals surface area (Å²) in [6, 6.07) is 10.7. The first-order valence-corrected chi connectivity index (χ1v) is 24.2. The number of nitrogens with zero attached hydrogens (tertiary/aromatic N) is 4. The third kappa shape index (κ3) is 10.3. The predicted molar refractivity (Wildman–Crippen MR) is 242 cm³/mol. The molecular weight excluding hydrogens is 894 g/mol. The lowest BCUT2D eigenvalue weighted by Crippen LogP contribution is -2.66. The van der Waals surface area contributed by atoms with Gasteiger partial charge in [-0.1, -0.05) is 26.0 Å². The van der Waals surface area contributed by atoms with E-state index in [2.05, 4.69) is 15.0 Å². The Morgan fingerprint density at radius 1 is 1.01 bits per heavy atom. The second kappa shape index (κ2) is 18.4. The summed E-state index contributed by atoms with van der Waals surface area (Å²) in [5.74, 6) is -3.78. The van der Waals surface area contributed by atoms with Crippen molar-refractivity contribution < 1.29 is 55.3 Å². The van der Waals surface area contributed by atoms with Crippen molar-refractivity contribution in [2.75, 3.05) is 6.54 Å². The number of aromatic nitrogens is 2. The molecule has 15 nitrogen and oxygen atoms in total. The summed E-state index contributed by atoms with van der Waals surface area (Å²) in [6.07, 6.45) is 0.217. The van der Waals surface area contributed by atoms with Crippen LogP contribution in [0.25, 0.3) is 22.5 Å². The second-order valence-electron chi connectivity index (χ2n) is 19.6. The van der Waals surface area contributed by atoms with Crippen LogP contribution in [-0.2, 0) is 24.4 Å². The van der Waals surface area contributed by atoms with Crippen LogP contribution in [-0.4, -0.2) is 110 Å². The van der Waals surface area contributed by atoms with Gasteiger partial charge >= 0.3 is 12.3 Å². The highest BCUT2D eigenvalue weighted by atomic mass is 32.2. The van der Waals surface area contributed by atoms with Crippen LogP contribution in [0.1, 0.15) is 93.4 Å². The highest BCUT2D eigenvalue weighted by Gasteiger charge is 2.64. The zero-order chi connectivity index (χ0) is 48.9. The molecule has 0 spiro atoms. The topological polar surface area (TPSA) is 197 Å². The van der Waals surface area contributed by atoms with E-state index in [1.165, 1.54) is 13.8 Å². The van der Waals surface area contributed by atoms with Crippen LogP contribution in [0, 0.1) is 17.8 Å². The summed E-state index contributed by atoms with van der Waals surface area (Å²) >= 11 is 0. The number of amides is 4. The molecule has 67 heavy (non-hydrogen) atoms. The first-order valence-electron chi connectivity index (χ1n) is 22.7. The van der Waals surface area contributed by atoms with E-state index in [1.807, 2.05) is 39.0 Å². The lowest BCUT2D eigenvalue weighted by Gasteiger charge is -2.45. The van der Waals surface area contributed by atoms with Crippen LogP contribution in [0.3, 0.4) is 0 Å². The van der Waals surface area contributed by atoms with Gasteiger partial charge in [-0.2, -0.15) is 13.2 Å². The van der Waals surface area contributed by atoms with Gasteiger partial charge in [0.15, 0.2) is 0 Å². The standard InChI is InChI=1S/C48H59F3N6O9S/c1-28(2)65-34-16-14-31(15-17-34)37-22-35(23-38(53-37)32-12-10-20-52-26-32)66-36-24-39-41(58)54-47(43(60)55-67(63,64)46(7)18-19-46)25-33(47)13-9-8-11-29(3)21-30(4)40(42(59)56(39)27-36)57(44(61)62)45(5,6)48(49,50)51/h9-10,12-17,20,22-23,26,28-30,33,36,39-40H,8,11,18-19,21,24-25,27H2,1-7H3,(H,54,58)(H,55,60)(H,61,62)/t29-,30-,33-,36-,39+,40+,47-/m1/s1. The highest BCUT2D eigenvalue weighted by molar-refractivity contribution is 7.91. The van der Waals surface area contributed by atoms with E-state index < -0.39 is 85.9 Å². The van der Waals surface area contributed by atoms with E-state index in [0.29, 0.717) is 67.8 Å². The number of rotatable bonds is 11. The first-order chi connectivity index (χ1) is 31.4. The number of fused-ring (bicyclic) bond motifs is 2. The van der Waals surface area contributed by atoms with E-state index in [9.17, 15) is 41.1 Å². The van der Waals surface area contributed by atoms with Gasteiger partial charge in [0.2, 0.25) is 21.8 Å². The average Bonchev–Trinajstić information content (AvgIpc) is 4.13. The quantitative estimate of drug-likeness (QED) is 0.161. The fourth-order valence-electron chi connectivity index (χ4n) is 9.14. The van der Waals surface area contributed by atoms with Crippen molar-refractivity contribution in [1.82, 2.24) is 29.8 Å². The number of allylic oxidation sites excluding steroid dienone is 1. The Bertz CT molecular complexity index is 2500. The SMILES string of the molecule is CC(C)Oc1ccc(-c2cc(O[C@@H]3C[C@H]4C(=O)N[C@]5(C(=O)NS(=O)(=O)C6(C)CC6)C[C@H]5C=CCC[C@@H](C)C[C@@H](C)[C@H](N(C(=O)O)C(C)(C)C(F)(F)F)C(=O)N4C3)cc(-c3cccnc3)n2)cc1. The number of pyridine rings is 2. The van der Waals surface area contributed by atoms with Crippen LogP contribution in [0.5, 0.6) is 11.5 Å². The summed E-state index contributed by atoms with van der Waals surface area (Å²) in [7, 11) is -4.15. The molecule has 1 aromatic carbocycles. The maximum atomic E-state index is 15.2. The van der Waals surface area contributed by atoms with E-state index in [4.69, 9.17) is 14.5 Å². The van der Waals surface area contributed by atoms with Gasteiger partial charge in [0.05, 0.1) is 28.8 Å². The van der Waals surface area contributed by atoms with Gasteiger partial charge in [-0.15, -0.1) is 0 Å². The van der Waals surface area contributed by atoms with Gasteiger partial charge in [-0.3, -0.25) is 29.0 Å². The van der Waals surface area contributed by atoms with Crippen molar-refractivity contribution in [3.05, 3.63) is 73.1 Å². The molecule has 2 aliphatic carbocycles. The summed E-state index contributed by atoms with van der Waals surface area (Å²) in [4.78, 5) is 67.6. The maximum Gasteiger partial charge on any atom is 0.411 e. The lowest BCUT2D eigenvalue weighted by atomic mass is 9.85. The zero-order valence-corrected chi connectivity index (χ0v) is 39.5. The smallest absolute Gasteiger partial charge is 0.411 e. The minimum Gasteiger partial charge on any atom is -0.491 e. The molecule has 362 valence electrons. The molecule has 2 aromatic heterocycles. The van der Waals surface area contributed by atoms with Crippen molar-refractivity contribution in [1.29, 1.82) is 0 Å². The number of carboxylic acid groups (broad SMARTS) is 1. The molecule has 0 bridgehead atoms. The van der Waals surface area contributed by atoms with Crippen molar-refractivity contribution in [3.63, 3.8) is 0 Å². The van der Waals surface area contributed by atoms with Crippen LogP contribution in [0.4, 0.5) is 18.0 Å². The van der Waals surface area contributed by atoms with Crippen LogP contribution < -0.4 is 19.5 Å². The second-order valence-corrected chi connectivity index (χ2v) is 21.8. The molecule has 4 amide bonds. The molecule has 1 saturated heterocycles. The normalized spacial score (nSPS) is 26.6. The fraction of sp³-hybridized carbons (Fsp3) is 0.542. The van der Waals surface area contributed by atoms with Gasteiger partial charge < -0.3 is 24.8 Å². The Labute approximate surface area is 388 Å². The molecule has 2 aliphatic heterocycles. The summed E-state index contributed by atoms with van der Waals surface area (Å²) in [5, 5.41) is 13.4. The number of benzene rings is 1. The molecule has 3 N–H and O–H groups in total. The molecule has 2 saturated carbocycles. The Hall–Kier alpha value is -5.72. The molecule has 0 radical (unpaired) electrons. The number of hydrogen-bond acceptors (Lipinski definition) is 10. The molecule has 3 aromatic rings. The monoisotopic (exact) mass is 952 g/mol. The van der Waals surface area contributed by atoms with Gasteiger partial charge in [0.25, 0.3) is 5.91 Å². The Balaban J connectivity index is 1.30. The Morgan fingerprint density at radius 3 is 2.28 bits per heavy atom. The molecule has 0 unspecified atom stereocenters. The van der Waals surface area contributed by atoms with E-state index >= 15 is 4.79 Å². The summed E-state index contributed by atoms with van der Waals surface area (Å²) < 4.78 is 84.8. The number of alkyl halides is 3. The van der Waals surface area contributed by atoms with E-state index in [0.717, 1.165) is 4.90 Å². The number of hydrogen-bond donors (Lipinski definition) is 3. The van der Waals surface area contributed by atoms with Crippen LogP contribution >= 0.6 is 0 Å². The lowest BCUT2D eigenvalue weighted by molar-refractivity contribution is -0.222. The predicted octanol–water partition coefficient (Wildman–Crippen LogP) is 7.52. The third-order valence-electron chi connectivity index (χ3n) is 13.6. The summed E-state index contributed by atoms with van der Waals surface area (Å²) in [5.41, 5.74) is -2.50. The number of carbonyl (C=O) groups is 4. The van der Waals surface area contributed by atoms with Gasteiger partial charge in [-0.25, -0.2) is 18.2 Å². The fourth-order valence-corrected chi connectivity index (χ4v) is 10.4. The molecule has 4 heterocycles. The Morgan fingerprint density at radius 2 is 1.69 bits per heavy atom. The van der Waals surface area contributed by atoms with E-state index in [-0.39, 0.29) is 48.5 Å². The van der Waals surface area contributed by atoms with Crippen molar-refractivity contribution >= 4 is 33.8 Å². The van der Waals surface area contributed by atoms with E-state index in [1.54, 1.807) is 54.9 Å². The molecular formula is C48H59F3N6O9S. The third-order valence-corrected chi connectivity index (χ3v) is 15.7. The molecule has 3 fully saturated rings. The largest absolute Gasteiger partial charge is 0.491 e. The van der Waals surface area contributed by atoms with Gasteiger partial charge in [0.1, 0.15) is 40.8 Å². The highest BCUT2D eigenvalue weighted by Crippen LogP contribution is 2.48. The minimum absolute atomic E-state index is 0.0389. The Kier molecular flexibility index (Phi) is 13.5. The molecule has 4 aliphatic rings. The van der Waals surface area contributed by atoms with Crippen molar-refractivity contribution in [2.45, 2.75) is 140 Å². The number of halogens is 3. The molecule has 7 atom stereocenters.